The number of benzene rings is 2. The Morgan fingerprint density at radius 3 is 2.61 bits per heavy atom. The van der Waals surface area contributed by atoms with E-state index in [9.17, 15) is 14.4 Å². The lowest BCUT2D eigenvalue weighted by Gasteiger charge is -2.28. The van der Waals surface area contributed by atoms with Crippen LogP contribution >= 0.6 is 0 Å². The predicted octanol–water partition coefficient (Wildman–Crippen LogP) is 3.53. The maximum atomic E-state index is 13.0. The second kappa shape index (κ2) is 7.92. The number of carbonyl (C=O) groups excluding carboxylic acids is 3. The van der Waals surface area contributed by atoms with Crippen LogP contribution in [0.3, 0.4) is 0 Å². The van der Waals surface area contributed by atoms with E-state index in [1.807, 2.05) is 19.9 Å². The third kappa shape index (κ3) is 3.71. The van der Waals surface area contributed by atoms with Crippen LogP contribution in [-0.4, -0.2) is 24.5 Å². The number of ether oxygens (including phenoxy) is 1. The van der Waals surface area contributed by atoms with E-state index in [0.29, 0.717) is 23.6 Å². The third-order valence-corrected chi connectivity index (χ3v) is 4.46. The molecule has 4 amide bonds. The van der Waals surface area contributed by atoms with Crippen molar-refractivity contribution in [1.29, 1.82) is 0 Å². The van der Waals surface area contributed by atoms with Gasteiger partial charge in [0.05, 0.1) is 5.69 Å². The molecule has 2 aromatic rings. The topological polar surface area (TPSA) is 75.7 Å². The second-order valence-electron chi connectivity index (χ2n) is 6.35. The third-order valence-electron chi connectivity index (χ3n) is 4.46. The molecule has 6 heteroatoms. The number of carbonyl (C=O) groups is 3. The molecule has 1 aliphatic heterocycles. The highest BCUT2D eigenvalue weighted by Gasteiger charge is 2.37. The van der Waals surface area contributed by atoms with Crippen LogP contribution in [0, 0.1) is 13.8 Å². The number of barbiturate groups is 1. The molecule has 0 saturated carbocycles. The van der Waals surface area contributed by atoms with Crippen molar-refractivity contribution < 1.29 is 19.1 Å². The van der Waals surface area contributed by atoms with Crippen molar-refractivity contribution in [2.45, 2.75) is 13.8 Å². The van der Waals surface area contributed by atoms with Gasteiger partial charge in [0.2, 0.25) is 0 Å². The normalized spacial score (nSPS) is 15.6. The number of hydrogen-bond donors (Lipinski definition) is 1. The van der Waals surface area contributed by atoms with Gasteiger partial charge >= 0.3 is 6.03 Å². The Hall–Kier alpha value is -3.67. The Morgan fingerprint density at radius 2 is 1.86 bits per heavy atom. The summed E-state index contributed by atoms with van der Waals surface area (Å²) < 4.78 is 5.48. The van der Waals surface area contributed by atoms with Gasteiger partial charge < -0.3 is 4.74 Å². The lowest BCUT2D eigenvalue weighted by molar-refractivity contribution is -0.122. The van der Waals surface area contributed by atoms with Crippen LogP contribution < -0.4 is 15.0 Å². The first-order valence-electron chi connectivity index (χ1n) is 8.74. The average molecular weight is 376 g/mol. The fraction of sp³-hybridized carbons (Fsp3) is 0.136. The molecule has 0 unspecified atom stereocenters. The fourth-order valence-corrected chi connectivity index (χ4v) is 2.87. The molecular weight excluding hydrogens is 356 g/mol. The van der Waals surface area contributed by atoms with E-state index in [2.05, 4.69) is 11.9 Å². The molecule has 1 N–H and O–H groups in total. The molecule has 1 heterocycles. The van der Waals surface area contributed by atoms with E-state index in [0.717, 1.165) is 16.0 Å². The van der Waals surface area contributed by atoms with Gasteiger partial charge in [-0.3, -0.25) is 14.9 Å². The molecule has 1 aliphatic rings. The van der Waals surface area contributed by atoms with E-state index in [4.69, 9.17) is 4.74 Å². The molecule has 3 rings (SSSR count). The number of nitrogens with one attached hydrogen (secondary N) is 1. The number of imide groups is 2. The second-order valence-corrected chi connectivity index (χ2v) is 6.35. The molecule has 2 aromatic carbocycles. The first kappa shape index (κ1) is 19.1. The largest absolute Gasteiger partial charge is 0.490 e. The lowest BCUT2D eigenvalue weighted by atomic mass is 10.0. The number of rotatable bonds is 5. The molecule has 0 spiro atoms. The van der Waals surface area contributed by atoms with Gasteiger partial charge in [0, 0.05) is 0 Å². The minimum atomic E-state index is -0.760. The van der Waals surface area contributed by atoms with Gasteiger partial charge in [0.25, 0.3) is 11.8 Å². The molecule has 0 aromatic heterocycles. The van der Waals surface area contributed by atoms with Crippen molar-refractivity contribution >= 4 is 29.6 Å². The Kier molecular flexibility index (Phi) is 5.40. The highest BCUT2D eigenvalue weighted by Crippen LogP contribution is 2.27. The van der Waals surface area contributed by atoms with Crippen molar-refractivity contribution in [2.24, 2.45) is 0 Å². The highest BCUT2D eigenvalue weighted by molar-refractivity contribution is 6.39. The van der Waals surface area contributed by atoms with Gasteiger partial charge in [-0.1, -0.05) is 36.9 Å². The van der Waals surface area contributed by atoms with Crippen LogP contribution in [-0.2, 0) is 9.59 Å². The molecule has 0 bridgehead atoms. The molecule has 28 heavy (non-hydrogen) atoms. The van der Waals surface area contributed by atoms with Crippen LogP contribution in [0.5, 0.6) is 5.75 Å². The zero-order valence-electron chi connectivity index (χ0n) is 15.7. The smallest absolute Gasteiger partial charge is 0.335 e. The summed E-state index contributed by atoms with van der Waals surface area (Å²) in [6.45, 7) is 7.65. The van der Waals surface area contributed by atoms with Crippen molar-refractivity contribution in [3.05, 3.63) is 77.4 Å². The summed E-state index contributed by atoms with van der Waals surface area (Å²) in [7, 11) is 0. The number of nitrogens with zero attached hydrogens (tertiary/aromatic N) is 1. The molecule has 0 atom stereocenters. The van der Waals surface area contributed by atoms with Crippen molar-refractivity contribution in [1.82, 2.24) is 5.32 Å². The van der Waals surface area contributed by atoms with E-state index >= 15 is 0 Å². The maximum Gasteiger partial charge on any atom is 0.335 e. The number of anilines is 1. The van der Waals surface area contributed by atoms with E-state index in [-0.39, 0.29) is 5.57 Å². The average Bonchev–Trinajstić information content (AvgIpc) is 2.67. The number of hydrogen-bond acceptors (Lipinski definition) is 4. The van der Waals surface area contributed by atoms with E-state index in [1.54, 1.807) is 42.5 Å². The Bertz CT molecular complexity index is 1010. The van der Waals surface area contributed by atoms with Crippen LogP contribution in [0.1, 0.15) is 16.7 Å². The van der Waals surface area contributed by atoms with E-state index < -0.39 is 17.8 Å². The summed E-state index contributed by atoms with van der Waals surface area (Å²) in [5.41, 5.74) is 2.66. The number of aryl methyl sites for hydroxylation is 1. The van der Waals surface area contributed by atoms with Crippen LogP contribution in [0.15, 0.2) is 60.7 Å². The summed E-state index contributed by atoms with van der Waals surface area (Å²) in [4.78, 5) is 38.7. The minimum Gasteiger partial charge on any atom is -0.490 e. The minimum absolute atomic E-state index is 0.124. The maximum absolute atomic E-state index is 13.0. The van der Waals surface area contributed by atoms with Crippen LogP contribution in [0.2, 0.25) is 0 Å². The van der Waals surface area contributed by atoms with Crippen molar-refractivity contribution in [3.8, 4) is 5.75 Å². The SMILES string of the molecule is C=CCOc1cccc(/C=C2/C(=O)NC(=O)N(c3cccc(C)c3C)C2=O)c1. The molecule has 1 saturated heterocycles. The van der Waals surface area contributed by atoms with Gasteiger partial charge in [-0.15, -0.1) is 0 Å². The summed E-state index contributed by atoms with van der Waals surface area (Å²) in [6, 6.07) is 11.5. The summed E-state index contributed by atoms with van der Waals surface area (Å²) in [5.74, 6) is -0.811. The van der Waals surface area contributed by atoms with Gasteiger partial charge in [-0.05, 0) is 54.8 Å². The molecule has 0 aliphatic carbocycles. The highest BCUT2D eigenvalue weighted by atomic mass is 16.5. The first-order valence-corrected chi connectivity index (χ1v) is 8.74. The summed E-state index contributed by atoms with van der Waals surface area (Å²) in [5, 5.41) is 2.24. The Labute approximate surface area is 163 Å². The number of amides is 4. The lowest BCUT2D eigenvalue weighted by Crippen LogP contribution is -2.54. The first-order chi connectivity index (χ1) is 13.4. The van der Waals surface area contributed by atoms with Gasteiger partial charge in [0.1, 0.15) is 17.9 Å². The zero-order valence-corrected chi connectivity index (χ0v) is 15.7. The fourth-order valence-electron chi connectivity index (χ4n) is 2.87. The van der Waals surface area contributed by atoms with Gasteiger partial charge in [-0.25, -0.2) is 9.69 Å². The van der Waals surface area contributed by atoms with Crippen LogP contribution in [0.4, 0.5) is 10.5 Å². The van der Waals surface area contributed by atoms with Gasteiger partial charge in [-0.2, -0.15) is 0 Å². The molecule has 1 fully saturated rings. The Morgan fingerprint density at radius 1 is 1.11 bits per heavy atom. The van der Waals surface area contributed by atoms with Gasteiger partial charge in [0.15, 0.2) is 0 Å². The summed E-state index contributed by atoms with van der Waals surface area (Å²) >= 11 is 0. The molecule has 142 valence electrons. The molecule has 0 radical (unpaired) electrons. The molecule has 6 nitrogen and oxygen atoms in total. The number of urea groups is 1. The molecular formula is C22H20N2O4. The summed E-state index contributed by atoms with van der Waals surface area (Å²) in [6.07, 6.45) is 3.07. The van der Waals surface area contributed by atoms with E-state index in [1.165, 1.54) is 6.08 Å². The van der Waals surface area contributed by atoms with Crippen LogP contribution in [0.25, 0.3) is 6.08 Å². The quantitative estimate of drug-likeness (QED) is 0.492. The standard InChI is InChI=1S/C22H20N2O4/c1-4-11-28-17-9-6-8-16(12-17)13-18-20(25)23-22(27)24(21(18)26)19-10-5-7-14(2)15(19)3/h4-10,12-13H,1,11H2,2-3H3,(H,23,25,27)/b18-13-. The predicted molar refractivity (Wildman–Crippen MR) is 107 cm³/mol. The monoisotopic (exact) mass is 376 g/mol. The van der Waals surface area contributed by atoms with Crippen molar-refractivity contribution in [3.63, 3.8) is 0 Å². The Balaban J connectivity index is 1.99. The van der Waals surface area contributed by atoms with Crippen molar-refractivity contribution in [2.75, 3.05) is 11.5 Å². The zero-order chi connectivity index (χ0) is 20.3.